The first kappa shape index (κ1) is 18.5. The first-order valence-electron chi connectivity index (χ1n) is 8.59. The number of aliphatic hydroxyl groups is 1. The third-order valence-electron chi connectivity index (χ3n) is 4.45. The van der Waals surface area contributed by atoms with E-state index >= 15 is 0 Å². The summed E-state index contributed by atoms with van der Waals surface area (Å²) in [5.74, 6) is 0. The second-order valence-electron chi connectivity index (χ2n) is 6.05. The topological polar surface area (TPSA) is 52.7 Å². The van der Waals surface area contributed by atoms with Gasteiger partial charge in [-0.1, -0.05) is 42.5 Å². The van der Waals surface area contributed by atoms with Crippen LogP contribution in [0.2, 0.25) is 0 Å². The van der Waals surface area contributed by atoms with Crippen LogP contribution in [0, 0.1) is 0 Å². The summed E-state index contributed by atoms with van der Waals surface area (Å²) in [6, 6.07) is 19.3. The summed E-state index contributed by atoms with van der Waals surface area (Å²) < 4.78 is 0. The average molecular weight is 327 g/mol. The van der Waals surface area contributed by atoms with Crippen LogP contribution < -0.4 is 10.6 Å². The predicted molar refractivity (Wildman–Crippen MR) is 101 cm³/mol. The van der Waals surface area contributed by atoms with Gasteiger partial charge in [0.1, 0.15) is 0 Å². The van der Waals surface area contributed by atoms with Gasteiger partial charge in [-0.05, 0) is 37.2 Å². The minimum atomic E-state index is 0.135. The van der Waals surface area contributed by atoms with E-state index in [9.17, 15) is 0 Å². The van der Waals surface area contributed by atoms with Crippen LogP contribution in [0.1, 0.15) is 24.1 Å². The number of hydrogen-bond donors (Lipinski definition) is 2. The minimum Gasteiger partial charge on any atom is -0.395 e. The number of nitrogens with two attached hydrogens (primary N) is 1. The number of hydrogen-bond acceptors (Lipinski definition) is 4. The number of likely N-dealkylation sites (N-methyl/N-ethyl adjacent to an activating group) is 1. The first-order valence-corrected chi connectivity index (χ1v) is 8.59. The predicted octanol–water partition coefficient (Wildman–Crippen LogP) is 2.64. The third kappa shape index (κ3) is 4.81. The molecule has 0 fully saturated rings. The second-order valence-corrected chi connectivity index (χ2v) is 6.05. The molecule has 0 aliphatic heterocycles. The molecule has 0 bridgehead atoms. The van der Waals surface area contributed by atoms with Gasteiger partial charge in [-0.15, -0.1) is 0 Å². The summed E-state index contributed by atoms with van der Waals surface area (Å²) in [7, 11) is 2.00. The number of aliphatic hydroxyl groups excluding tert-OH is 1. The highest BCUT2D eigenvalue weighted by Gasteiger charge is 2.15. The van der Waals surface area contributed by atoms with Gasteiger partial charge in [0.25, 0.3) is 0 Å². The maximum atomic E-state index is 9.13. The number of nitrogens with zero attached hydrogens (tertiary/aromatic N) is 2. The van der Waals surface area contributed by atoms with Crippen molar-refractivity contribution in [1.82, 2.24) is 4.90 Å². The number of anilines is 1. The summed E-state index contributed by atoms with van der Waals surface area (Å²) in [5, 5.41) is 9.13. The number of benzene rings is 2. The van der Waals surface area contributed by atoms with Crippen LogP contribution in [0.15, 0.2) is 54.6 Å². The maximum absolute atomic E-state index is 9.13. The molecule has 0 heterocycles. The Morgan fingerprint density at radius 2 is 1.71 bits per heavy atom. The van der Waals surface area contributed by atoms with E-state index < -0.39 is 0 Å². The van der Waals surface area contributed by atoms with E-state index in [4.69, 9.17) is 10.8 Å². The molecule has 4 nitrogen and oxygen atoms in total. The van der Waals surface area contributed by atoms with Crippen LogP contribution >= 0.6 is 0 Å². The van der Waals surface area contributed by atoms with E-state index in [0.717, 1.165) is 13.1 Å². The Bertz CT molecular complexity index is 586. The minimum absolute atomic E-state index is 0.135. The Balaban J connectivity index is 2.11. The third-order valence-corrected chi connectivity index (χ3v) is 4.45. The lowest BCUT2D eigenvalue weighted by Gasteiger charge is -2.28. The SMILES string of the molecule is CCN(Cc1ccccc1)c1ccc(C(CN)N(C)CCO)cc1. The van der Waals surface area contributed by atoms with Gasteiger partial charge in [0.05, 0.1) is 6.61 Å². The molecule has 0 saturated carbocycles. The highest BCUT2D eigenvalue weighted by Crippen LogP contribution is 2.23. The fourth-order valence-corrected chi connectivity index (χ4v) is 2.98. The van der Waals surface area contributed by atoms with Crippen molar-refractivity contribution in [1.29, 1.82) is 0 Å². The van der Waals surface area contributed by atoms with Gasteiger partial charge in [-0.3, -0.25) is 4.90 Å². The Morgan fingerprint density at radius 3 is 2.25 bits per heavy atom. The van der Waals surface area contributed by atoms with Gasteiger partial charge >= 0.3 is 0 Å². The molecular formula is C20H29N3O. The van der Waals surface area contributed by atoms with Crippen LogP contribution in [0.5, 0.6) is 0 Å². The molecule has 0 aliphatic carbocycles. The standard InChI is InChI=1S/C20H29N3O/c1-3-23(16-17-7-5-4-6-8-17)19-11-9-18(10-12-19)20(15-21)22(2)13-14-24/h4-12,20,24H,3,13-16,21H2,1-2H3. The van der Waals surface area contributed by atoms with E-state index in [2.05, 4.69) is 65.3 Å². The maximum Gasteiger partial charge on any atom is 0.0558 e. The molecule has 0 saturated heterocycles. The molecule has 2 aromatic rings. The van der Waals surface area contributed by atoms with Gasteiger partial charge in [-0.25, -0.2) is 0 Å². The summed E-state index contributed by atoms with van der Waals surface area (Å²) in [6.07, 6.45) is 0. The Kier molecular flexibility index (Phi) is 7.25. The smallest absolute Gasteiger partial charge is 0.0558 e. The molecular weight excluding hydrogens is 298 g/mol. The molecule has 0 amide bonds. The highest BCUT2D eigenvalue weighted by atomic mass is 16.3. The molecule has 0 radical (unpaired) electrons. The van der Waals surface area contributed by atoms with Gasteiger partial charge in [0, 0.05) is 37.9 Å². The van der Waals surface area contributed by atoms with Crippen LogP contribution in [-0.2, 0) is 6.54 Å². The summed E-state index contributed by atoms with van der Waals surface area (Å²) in [5.41, 5.74) is 9.64. The van der Waals surface area contributed by atoms with E-state index in [1.807, 2.05) is 13.1 Å². The van der Waals surface area contributed by atoms with Crippen molar-refractivity contribution in [3.63, 3.8) is 0 Å². The summed E-state index contributed by atoms with van der Waals surface area (Å²) >= 11 is 0. The molecule has 0 spiro atoms. The molecule has 2 rings (SSSR count). The van der Waals surface area contributed by atoms with Crippen LogP contribution in [-0.4, -0.2) is 43.3 Å². The van der Waals surface area contributed by atoms with Crippen molar-refractivity contribution < 1.29 is 5.11 Å². The van der Waals surface area contributed by atoms with Crippen LogP contribution in [0.4, 0.5) is 5.69 Å². The van der Waals surface area contributed by atoms with Crippen molar-refractivity contribution in [2.75, 3.05) is 38.2 Å². The normalized spacial score (nSPS) is 12.4. The lowest BCUT2D eigenvalue weighted by Crippen LogP contribution is -2.32. The quantitative estimate of drug-likeness (QED) is 0.743. The zero-order valence-corrected chi connectivity index (χ0v) is 14.7. The van der Waals surface area contributed by atoms with Gasteiger partial charge < -0.3 is 15.7 Å². The largest absolute Gasteiger partial charge is 0.395 e. The van der Waals surface area contributed by atoms with E-state index in [0.29, 0.717) is 13.1 Å². The lowest BCUT2D eigenvalue weighted by molar-refractivity contribution is 0.183. The molecule has 3 N–H and O–H groups in total. The molecule has 24 heavy (non-hydrogen) atoms. The van der Waals surface area contributed by atoms with Gasteiger partial charge in [0.15, 0.2) is 0 Å². The summed E-state index contributed by atoms with van der Waals surface area (Å²) in [6.45, 7) is 5.34. The Hall–Kier alpha value is -1.88. The van der Waals surface area contributed by atoms with Crippen molar-refractivity contribution in [3.8, 4) is 0 Å². The van der Waals surface area contributed by atoms with Gasteiger partial charge in [0.2, 0.25) is 0 Å². The molecule has 2 aromatic carbocycles. The highest BCUT2D eigenvalue weighted by molar-refractivity contribution is 5.48. The number of rotatable bonds is 9. The first-order chi connectivity index (χ1) is 11.7. The van der Waals surface area contributed by atoms with Crippen molar-refractivity contribution in [2.24, 2.45) is 5.73 Å². The monoisotopic (exact) mass is 327 g/mol. The molecule has 0 aromatic heterocycles. The Labute approximate surface area is 145 Å². The Morgan fingerprint density at radius 1 is 1.04 bits per heavy atom. The van der Waals surface area contributed by atoms with Crippen molar-refractivity contribution in [2.45, 2.75) is 19.5 Å². The molecule has 0 aliphatic rings. The second kappa shape index (κ2) is 9.42. The molecule has 130 valence electrons. The average Bonchev–Trinajstić information content (AvgIpc) is 2.62. The van der Waals surface area contributed by atoms with E-state index in [1.54, 1.807) is 0 Å². The summed E-state index contributed by atoms with van der Waals surface area (Å²) in [4.78, 5) is 4.45. The zero-order chi connectivity index (χ0) is 17.4. The molecule has 1 atom stereocenters. The van der Waals surface area contributed by atoms with E-state index in [-0.39, 0.29) is 12.6 Å². The molecule has 4 heteroatoms. The van der Waals surface area contributed by atoms with Crippen LogP contribution in [0.3, 0.4) is 0 Å². The van der Waals surface area contributed by atoms with Crippen LogP contribution in [0.25, 0.3) is 0 Å². The fraction of sp³-hybridized carbons (Fsp3) is 0.400. The van der Waals surface area contributed by atoms with E-state index in [1.165, 1.54) is 16.8 Å². The fourth-order valence-electron chi connectivity index (χ4n) is 2.98. The van der Waals surface area contributed by atoms with Crippen molar-refractivity contribution >= 4 is 5.69 Å². The van der Waals surface area contributed by atoms with Crippen molar-refractivity contribution in [3.05, 3.63) is 65.7 Å². The lowest BCUT2D eigenvalue weighted by atomic mass is 10.0. The zero-order valence-electron chi connectivity index (χ0n) is 14.7. The molecule has 1 unspecified atom stereocenters. The van der Waals surface area contributed by atoms with Gasteiger partial charge in [-0.2, -0.15) is 0 Å².